The van der Waals surface area contributed by atoms with Crippen molar-refractivity contribution in [3.63, 3.8) is 0 Å². The summed E-state index contributed by atoms with van der Waals surface area (Å²) in [7, 11) is 1.66. The average molecular weight is 397 g/mol. The molecule has 0 aliphatic carbocycles. The van der Waals surface area contributed by atoms with Gasteiger partial charge in [0.05, 0.1) is 6.42 Å². The van der Waals surface area contributed by atoms with E-state index in [0.717, 1.165) is 29.3 Å². The maximum atomic E-state index is 12.4. The van der Waals surface area contributed by atoms with Crippen molar-refractivity contribution in [1.82, 2.24) is 10.2 Å². The van der Waals surface area contributed by atoms with E-state index in [1.165, 1.54) is 0 Å². The molecule has 0 spiro atoms. The van der Waals surface area contributed by atoms with Crippen molar-refractivity contribution in [2.45, 2.75) is 25.7 Å². The summed E-state index contributed by atoms with van der Waals surface area (Å²) in [6, 6.07) is 7.79. The van der Waals surface area contributed by atoms with Gasteiger partial charge in [-0.1, -0.05) is 34.1 Å². The summed E-state index contributed by atoms with van der Waals surface area (Å²) in [5.41, 5.74) is 1.00. The predicted octanol–water partition coefficient (Wildman–Crippen LogP) is 2.38. The fraction of sp³-hybridized carbons (Fsp3) is 0.556. The molecule has 1 aromatic carbocycles. The van der Waals surface area contributed by atoms with Crippen LogP contribution in [0.4, 0.5) is 0 Å². The minimum Gasteiger partial charge on any atom is -0.385 e. The lowest BCUT2D eigenvalue weighted by Gasteiger charge is -2.31. The lowest BCUT2D eigenvalue weighted by atomic mass is 9.95. The number of nitrogens with one attached hydrogen (secondary N) is 1. The average Bonchev–Trinajstić information content (AvgIpc) is 2.60. The number of hydrogen-bond acceptors (Lipinski definition) is 3. The molecule has 0 saturated carbocycles. The number of rotatable bonds is 7. The van der Waals surface area contributed by atoms with E-state index in [1.54, 1.807) is 7.11 Å². The van der Waals surface area contributed by atoms with Crippen LogP contribution in [0.5, 0.6) is 0 Å². The van der Waals surface area contributed by atoms with E-state index in [4.69, 9.17) is 4.74 Å². The molecule has 1 aromatic rings. The van der Waals surface area contributed by atoms with Gasteiger partial charge in [0.15, 0.2) is 0 Å². The van der Waals surface area contributed by atoms with Crippen molar-refractivity contribution in [3.8, 4) is 0 Å². The molecule has 2 rings (SSSR count). The second-order valence-electron chi connectivity index (χ2n) is 6.06. The number of methoxy groups -OCH3 is 1. The smallest absolute Gasteiger partial charge is 0.227 e. The Morgan fingerprint density at radius 1 is 1.29 bits per heavy atom. The molecule has 24 heavy (non-hydrogen) atoms. The van der Waals surface area contributed by atoms with Gasteiger partial charge < -0.3 is 15.0 Å². The first-order valence-corrected chi connectivity index (χ1v) is 9.19. The highest BCUT2D eigenvalue weighted by molar-refractivity contribution is 9.10. The number of halogens is 1. The minimum absolute atomic E-state index is 0.0139. The number of hydrogen-bond donors (Lipinski definition) is 1. The van der Waals surface area contributed by atoms with Crippen LogP contribution in [0, 0.1) is 5.92 Å². The van der Waals surface area contributed by atoms with E-state index in [9.17, 15) is 9.59 Å². The molecule has 0 bridgehead atoms. The number of carbonyl (C=O) groups is 2. The molecule has 1 aliphatic rings. The first kappa shape index (κ1) is 18.9. The van der Waals surface area contributed by atoms with Crippen LogP contribution in [-0.4, -0.2) is 50.1 Å². The van der Waals surface area contributed by atoms with E-state index >= 15 is 0 Å². The molecule has 1 fully saturated rings. The minimum atomic E-state index is 0.0139. The van der Waals surface area contributed by atoms with Crippen LogP contribution in [0.15, 0.2) is 28.7 Å². The summed E-state index contributed by atoms with van der Waals surface area (Å²) in [5, 5.41) is 2.95. The maximum absolute atomic E-state index is 12.4. The molecule has 1 N–H and O–H groups in total. The first-order chi connectivity index (χ1) is 11.6. The van der Waals surface area contributed by atoms with Gasteiger partial charge in [0.1, 0.15) is 0 Å². The van der Waals surface area contributed by atoms with Gasteiger partial charge in [-0.25, -0.2) is 0 Å². The summed E-state index contributed by atoms with van der Waals surface area (Å²) >= 11 is 3.48. The molecular formula is C18H25BrN2O3. The highest BCUT2D eigenvalue weighted by Crippen LogP contribution is 2.21. The van der Waals surface area contributed by atoms with Crippen molar-refractivity contribution in [2.75, 3.05) is 33.4 Å². The third-order valence-corrected chi connectivity index (χ3v) is 5.12. The summed E-state index contributed by atoms with van der Waals surface area (Å²) < 4.78 is 5.93. The molecule has 6 heteroatoms. The van der Waals surface area contributed by atoms with Crippen LogP contribution >= 0.6 is 15.9 Å². The zero-order valence-corrected chi connectivity index (χ0v) is 15.7. The van der Waals surface area contributed by atoms with Gasteiger partial charge >= 0.3 is 0 Å². The lowest BCUT2D eigenvalue weighted by Crippen LogP contribution is -2.43. The summed E-state index contributed by atoms with van der Waals surface area (Å²) in [6.07, 6.45) is 2.69. The van der Waals surface area contributed by atoms with Crippen LogP contribution < -0.4 is 5.32 Å². The van der Waals surface area contributed by atoms with Crippen LogP contribution in [0.1, 0.15) is 24.8 Å². The van der Waals surface area contributed by atoms with Crippen LogP contribution in [0.2, 0.25) is 0 Å². The number of carbonyl (C=O) groups excluding carboxylic acids is 2. The highest BCUT2D eigenvalue weighted by Gasteiger charge is 2.27. The van der Waals surface area contributed by atoms with E-state index < -0.39 is 0 Å². The van der Waals surface area contributed by atoms with Crippen molar-refractivity contribution >= 4 is 27.7 Å². The molecule has 0 atom stereocenters. The molecule has 0 aromatic heterocycles. The lowest BCUT2D eigenvalue weighted by molar-refractivity contribution is -0.135. The van der Waals surface area contributed by atoms with E-state index in [1.807, 2.05) is 29.2 Å². The monoisotopic (exact) mass is 396 g/mol. The topological polar surface area (TPSA) is 58.6 Å². The number of ether oxygens (including phenoxy) is 1. The Bertz CT molecular complexity index is 557. The first-order valence-electron chi connectivity index (χ1n) is 8.39. The Kier molecular flexibility index (Phi) is 7.72. The van der Waals surface area contributed by atoms with Crippen molar-refractivity contribution in [2.24, 2.45) is 5.92 Å². The highest BCUT2D eigenvalue weighted by atomic mass is 79.9. The predicted molar refractivity (Wildman–Crippen MR) is 96.7 cm³/mol. The van der Waals surface area contributed by atoms with Gasteiger partial charge in [-0.05, 0) is 30.9 Å². The largest absolute Gasteiger partial charge is 0.385 e. The number of nitrogens with zero attached hydrogens (tertiary/aromatic N) is 1. The van der Waals surface area contributed by atoms with E-state index in [0.29, 0.717) is 32.7 Å². The Hall–Kier alpha value is -1.40. The van der Waals surface area contributed by atoms with Gasteiger partial charge in [-0.3, -0.25) is 9.59 Å². The van der Waals surface area contributed by atoms with Gasteiger partial charge in [0, 0.05) is 43.7 Å². The van der Waals surface area contributed by atoms with E-state index in [-0.39, 0.29) is 17.7 Å². The molecule has 1 saturated heterocycles. The van der Waals surface area contributed by atoms with Crippen LogP contribution in [0.3, 0.4) is 0 Å². The third kappa shape index (κ3) is 5.60. The Balaban J connectivity index is 1.75. The summed E-state index contributed by atoms with van der Waals surface area (Å²) in [4.78, 5) is 26.4. The zero-order valence-electron chi connectivity index (χ0n) is 14.1. The molecule has 1 heterocycles. The fourth-order valence-electron chi connectivity index (χ4n) is 2.88. The molecule has 132 valence electrons. The summed E-state index contributed by atoms with van der Waals surface area (Å²) in [6.45, 7) is 2.61. The Morgan fingerprint density at radius 2 is 2.00 bits per heavy atom. The second-order valence-corrected chi connectivity index (χ2v) is 6.91. The standard InChI is InChI=1S/C18H25BrN2O3/c1-24-12-4-9-20-18(23)14-7-10-21(11-8-14)17(22)13-15-5-2-3-6-16(15)19/h2-3,5-6,14H,4,7-13H2,1H3,(H,20,23). The zero-order chi connectivity index (χ0) is 17.4. The maximum Gasteiger partial charge on any atom is 0.227 e. The van der Waals surface area contributed by atoms with Crippen LogP contribution in [-0.2, 0) is 20.7 Å². The summed E-state index contributed by atoms with van der Waals surface area (Å²) in [5.74, 6) is 0.241. The Morgan fingerprint density at radius 3 is 2.67 bits per heavy atom. The van der Waals surface area contributed by atoms with Gasteiger partial charge in [0.2, 0.25) is 11.8 Å². The fourth-order valence-corrected chi connectivity index (χ4v) is 3.30. The molecular weight excluding hydrogens is 372 g/mol. The number of amides is 2. The van der Waals surface area contributed by atoms with Crippen molar-refractivity contribution < 1.29 is 14.3 Å². The number of likely N-dealkylation sites (tertiary alicyclic amines) is 1. The number of piperidine rings is 1. The molecule has 0 radical (unpaired) electrons. The van der Waals surface area contributed by atoms with Crippen LogP contribution in [0.25, 0.3) is 0 Å². The van der Waals surface area contributed by atoms with Gasteiger partial charge in [0.25, 0.3) is 0 Å². The third-order valence-electron chi connectivity index (χ3n) is 4.34. The quantitative estimate of drug-likeness (QED) is 0.719. The molecule has 0 unspecified atom stereocenters. The molecule has 5 nitrogen and oxygen atoms in total. The SMILES string of the molecule is COCCCNC(=O)C1CCN(C(=O)Cc2ccccc2Br)CC1. The van der Waals surface area contributed by atoms with E-state index in [2.05, 4.69) is 21.2 Å². The molecule has 2 amide bonds. The molecule has 1 aliphatic heterocycles. The second kappa shape index (κ2) is 9.79. The number of benzene rings is 1. The van der Waals surface area contributed by atoms with Gasteiger partial charge in [-0.15, -0.1) is 0 Å². The van der Waals surface area contributed by atoms with Crippen molar-refractivity contribution in [3.05, 3.63) is 34.3 Å². The van der Waals surface area contributed by atoms with Crippen molar-refractivity contribution in [1.29, 1.82) is 0 Å². The van der Waals surface area contributed by atoms with Gasteiger partial charge in [-0.2, -0.15) is 0 Å². The Labute approximate surface area is 151 Å². The normalized spacial score (nSPS) is 15.3.